The lowest BCUT2D eigenvalue weighted by Crippen LogP contribution is -2.35. The fourth-order valence-corrected chi connectivity index (χ4v) is 2.41. The fraction of sp³-hybridized carbons (Fsp3) is 0.600. The molecule has 3 rings (SSSR count). The molecule has 0 spiro atoms. The third kappa shape index (κ3) is 3.55. The summed E-state index contributed by atoms with van der Waals surface area (Å²) in [5.74, 6) is 0. The molecule has 3 heteroatoms. The van der Waals surface area contributed by atoms with E-state index in [9.17, 15) is 0 Å². The SMILES string of the molecule is c1cc(CNC2CC2)cc(CN2CCOCC2)c1. The predicted octanol–water partition coefficient (Wildman–Crippen LogP) is 1.77. The average Bonchev–Trinajstić information content (AvgIpc) is 3.22. The first-order chi connectivity index (χ1) is 8.90. The van der Waals surface area contributed by atoms with Crippen LogP contribution in [0, 0.1) is 0 Å². The zero-order valence-electron chi connectivity index (χ0n) is 10.9. The predicted molar refractivity (Wildman–Crippen MR) is 72.4 cm³/mol. The molecule has 1 aliphatic heterocycles. The number of benzene rings is 1. The van der Waals surface area contributed by atoms with Gasteiger partial charge in [0.15, 0.2) is 0 Å². The summed E-state index contributed by atoms with van der Waals surface area (Å²) in [6.45, 7) is 5.95. The zero-order valence-corrected chi connectivity index (χ0v) is 10.9. The van der Waals surface area contributed by atoms with E-state index in [-0.39, 0.29) is 0 Å². The van der Waals surface area contributed by atoms with Gasteiger partial charge in [-0.2, -0.15) is 0 Å². The molecule has 98 valence electrons. The van der Waals surface area contributed by atoms with Gasteiger partial charge in [-0.1, -0.05) is 24.3 Å². The minimum atomic E-state index is 0.785. The van der Waals surface area contributed by atoms with Crippen LogP contribution in [0.3, 0.4) is 0 Å². The van der Waals surface area contributed by atoms with Gasteiger partial charge in [-0.05, 0) is 24.0 Å². The van der Waals surface area contributed by atoms with Crippen molar-refractivity contribution in [3.63, 3.8) is 0 Å². The summed E-state index contributed by atoms with van der Waals surface area (Å²) >= 11 is 0. The first-order valence-corrected chi connectivity index (χ1v) is 7.01. The molecule has 2 aliphatic rings. The van der Waals surface area contributed by atoms with E-state index in [0.717, 1.165) is 45.4 Å². The summed E-state index contributed by atoms with van der Waals surface area (Å²) in [6.07, 6.45) is 2.71. The second-order valence-electron chi connectivity index (χ2n) is 5.36. The van der Waals surface area contributed by atoms with E-state index in [2.05, 4.69) is 34.5 Å². The van der Waals surface area contributed by atoms with Gasteiger partial charge in [0.25, 0.3) is 0 Å². The standard InChI is InChI=1S/C15H22N2O/c1-2-13(11-16-15-4-5-15)10-14(3-1)12-17-6-8-18-9-7-17/h1-3,10,15-16H,4-9,11-12H2. The molecule has 0 bridgehead atoms. The normalized spacial score (nSPS) is 21.1. The highest BCUT2D eigenvalue weighted by atomic mass is 16.5. The summed E-state index contributed by atoms with van der Waals surface area (Å²) < 4.78 is 5.38. The number of rotatable bonds is 5. The van der Waals surface area contributed by atoms with Gasteiger partial charge in [-0.15, -0.1) is 0 Å². The number of hydrogen-bond acceptors (Lipinski definition) is 3. The van der Waals surface area contributed by atoms with Gasteiger partial charge in [0.1, 0.15) is 0 Å². The van der Waals surface area contributed by atoms with Crippen molar-refractivity contribution in [1.82, 2.24) is 10.2 Å². The van der Waals surface area contributed by atoms with E-state index in [1.54, 1.807) is 0 Å². The molecule has 0 aromatic heterocycles. The van der Waals surface area contributed by atoms with Gasteiger partial charge in [0.05, 0.1) is 13.2 Å². The van der Waals surface area contributed by atoms with Crippen LogP contribution in [0.15, 0.2) is 24.3 Å². The highest BCUT2D eigenvalue weighted by molar-refractivity contribution is 5.23. The van der Waals surface area contributed by atoms with Crippen molar-refractivity contribution >= 4 is 0 Å². The topological polar surface area (TPSA) is 24.5 Å². The van der Waals surface area contributed by atoms with Crippen LogP contribution < -0.4 is 5.32 Å². The molecule has 1 N–H and O–H groups in total. The van der Waals surface area contributed by atoms with Crippen molar-refractivity contribution in [2.75, 3.05) is 26.3 Å². The Morgan fingerprint density at radius 3 is 2.72 bits per heavy atom. The van der Waals surface area contributed by atoms with Crippen molar-refractivity contribution in [2.24, 2.45) is 0 Å². The van der Waals surface area contributed by atoms with Crippen molar-refractivity contribution < 1.29 is 4.74 Å². The van der Waals surface area contributed by atoms with E-state index >= 15 is 0 Å². The molecule has 1 aliphatic carbocycles. The van der Waals surface area contributed by atoms with Crippen molar-refractivity contribution in [1.29, 1.82) is 0 Å². The maximum Gasteiger partial charge on any atom is 0.0594 e. The molecule has 3 nitrogen and oxygen atoms in total. The van der Waals surface area contributed by atoms with Crippen LogP contribution in [0.2, 0.25) is 0 Å². The Hall–Kier alpha value is -0.900. The molecule has 1 saturated carbocycles. The molecule has 1 heterocycles. The summed E-state index contributed by atoms with van der Waals surface area (Å²) in [6, 6.07) is 9.76. The largest absolute Gasteiger partial charge is 0.379 e. The Morgan fingerprint density at radius 1 is 1.17 bits per heavy atom. The van der Waals surface area contributed by atoms with Gasteiger partial charge in [0, 0.05) is 32.2 Å². The molecule has 1 saturated heterocycles. The van der Waals surface area contributed by atoms with Crippen molar-refractivity contribution in [3.05, 3.63) is 35.4 Å². The molecule has 0 unspecified atom stereocenters. The van der Waals surface area contributed by atoms with Gasteiger partial charge in [-0.3, -0.25) is 4.90 Å². The number of nitrogens with zero attached hydrogens (tertiary/aromatic N) is 1. The van der Waals surface area contributed by atoms with E-state index in [0.29, 0.717) is 0 Å². The average molecular weight is 246 g/mol. The van der Waals surface area contributed by atoms with Crippen LogP contribution in [0.1, 0.15) is 24.0 Å². The van der Waals surface area contributed by atoms with E-state index in [4.69, 9.17) is 4.74 Å². The number of hydrogen-bond donors (Lipinski definition) is 1. The number of ether oxygens (including phenoxy) is 1. The van der Waals surface area contributed by atoms with Gasteiger partial charge >= 0.3 is 0 Å². The minimum Gasteiger partial charge on any atom is -0.379 e. The van der Waals surface area contributed by atoms with Gasteiger partial charge < -0.3 is 10.1 Å². The third-order valence-corrected chi connectivity index (χ3v) is 3.67. The Bertz CT molecular complexity index is 384. The lowest BCUT2D eigenvalue weighted by Gasteiger charge is -2.26. The summed E-state index contributed by atoms with van der Waals surface area (Å²) in [5.41, 5.74) is 2.83. The molecule has 0 amide bonds. The quantitative estimate of drug-likeness (QED) is 0.857. The fourth-order valence-electron chi connectivity index (χ4n) is 2.41. The second-order valence-corrected chi connectivity index (χ2v) is 5.36. The first-order valence-electron chi connectivity index (χ1n) is 7.01. The Labute approximate surface area is 109 Å². The van der Waals surface area contributed by atoms with Crippen LogP contribution in [0.25, 0.3) is 0 Å². The Kier molecular flexibility index (Phi) is 3.93. The Balaban J connectivity index is 1.55. The van der Waals surface area contributed by atoms with E-state index in [1.807, 2.05) is 0 Å². The van der Waals surface area contributed by atoms with Crippen LogP contribution in [-0.4, -0.2) is 37.2 Å². The van der Waals surface area contributed by atoms with E-state index < -0.39 is 0 Å². The molecule has 1 aromatic carbocycles. The second kappa shape index (κ2) is 5.83. The summed E-state index contributed by atoms with van der Waals surface area (Å²) in [5, 5.41) is 3.57. The zero-order chi connectivity index (χ0) is 12.2. The van der Waals surface area contributed by atoms with Crippen LogP contribution >= 0.6 is 0 Å². The van der Waals surface area contributed by atoms with E-state index in [1.165, 1.54) is 24.0 Å². The van der Waals surface area contributed by atoms with Gasteiger partial charge in [0.2, 0.25) is 0 Å². The highest BCUT2D eigenvalue weighted by Gasteiger charge is 2.19. The minimum absolute atomic E-state index is 0.785. The van der Waals surface area contributed by atoms with Crippen LogP contribution in [-0.2, 0) is 17.8 Å². The third-order valence-electron chi connectivity index (χ3n) is 3.67. The highest BCUT2D eigenvalue weighted by Crippen LogP contribution is 2.19. The molecule has 18 heavy (non-hydrogen) atoms. The maximum atomic E-state index is 5.38. The number of morpholine rings is 1. The molecule has 1 aromatic rings. The van der Waals surface area contributed by atoms with Crippen molar-refractivity contribution in [2.45, 2.75) is 32.0 Å². The maximum absolute atomic E-state index is 5.38. The van der Waals surface area contributed by atoms with Gasteiger partial charge in [-0.25, -0.2) is 0 Å². The lowest BCUT2D eigenvalue weighted by molar-refractivity contribution is 0.0342. The molecule has 0 radical (unpaired) electrons. The molecular weight excluding hydrogens is 224 g/mol. The molecular formula is C15H22N2O. The lowest BCUT2D eigenvalue weighted by atomic mass is 10.1. The molecule has 0 atom stereocenters. The van der Waals surface area contributed by atoms with Crippen LogP contribution in [0.5, 0.6) is 0 Å². The smallest absolute Gasteiger partial charge is 0.0594 e. The number of nitrogens with one attached hydrogen (secondary N) is 1. The monoisotopic (exact) mass is 246 g/mol. The Morgan fingerprint density at radius 2 is 1.94 bits per heavy atom. The van der Waals surface area contributed by atoms with Crippen LogP contribution in [0.4, 0.5) is 0 Å². The molecule has 2 fully saturated rings. The summed E-state index contributed by atoms with van der Waals surface area (Å²) in [7, 11) is 0. The van der Waals surface area contributed by atoms with Crippen molar-refractivity contribution in [3.8, 4) is 0 Å². The first kappa shape index (κ1) is 12.2. The summed E-state index contributed by atoms with van der Waals surface area (Å²) in [4.78, 5) is 2.47.